The van der Waals surface area contributed by atoms with Crippen LogP contribution in [0.25, 0.3) is 112 Å². The minimum atomic E-state index is 0.682. The van der Waals surface area contributed by atoms with Crippen LogP contribution in [0.3, 0.4) is 0 Å². The van der Waals surface area contributed by atoms with Gasteiger partial charge in [0.25, 0.3) is 0 Å². The minimum Gasteiger partial charge on any atom is -0.228 e. The third-order valence-electron chi connectivity index (χ3n) is 11.9. The summed E-state index contributed by atoms with van der Waals surface area (Å²) in [5.41, 5.74) is 18.3. The van der Waals surface area contributed by atoms with E-state index in [1.54, 1.807) is 0 Å². The van der Waals surface area contributed by atoms with E-state index < -0.39 is 0 Å². The van der Waals surface area contributed by atoms with Crippen LogP contribution in [0.5, 0.6) is 0 Å². The molecule has 0 bridgehead atoms. The number of hydrogen-bond acceptors (Lipinski definition) is 4. The van der Waals surface area contributed by atoms with Crippen molar-refractivity contribution in [2.24, 2.45) is 0 Å². The van der Waals surface area contributed by atoms with Crippen molar-refractivity contribution in [1.82, 2.24) is 19.9 Å². The molecule has 0 saturated carbocycles. The maximum absolute atomic E-state index is 5.24. The third-order valence-corrected chi connectivity index (χ3v) is 11.9. The Kier molecular flexibility index (Phi) is 10.9. The Balaban J connectivity index is 1.14. The first kappa shape index (κ1) is 40.0. The Morgan fingerprint density at radius 3 is 0.773 bits per heavy atom. The average molecular weight is 843 g/mol. The fourth-order valence-electron chi connectivity index (χ4n) is 8.72. The van der Waals surface area contributed by atoms with E-state index in [-0.39, 0.29) is 0 Å². The highest BCUT2D eigenvalue weighted by Gasteiger charge is 2.22. The molecule has 0 radical (unpaired) electrons. The Labute approximate surface area is 385 Å². The first-order chi connectivity index (χ1) is 32.7. The van der Waals surface area contributed by atoms with Gasteiger partial charge in [-0.3, -0.25) is 0 Å². The second-order valence-electron chi connectivity index (χ2n) is 16.2. The van der Waals surface area contributed by atoms with Gasteiger partial charge in [0.05, 0.1) is 22.8 Å². The van der Waals surface area contributed by atoms with Crippen molar-refractivity contribution in [1.29, 1.82) is 0 Å². The summed E-state index contributed by atoms with van der Waals surface area (Å²) in [6, 6.07) is 89.0. The highest BCUT2D eigenvalue weighted by atomic mass is 14.9. The summed E-state index contributed by atoms with van der Waals surface area (Å²) in [6.07, 6.45) is 0. The lowest BCUT2D eigenvalue weighted by molar-refractivity contribution is 1.18. The molecule has 0 unspecified atom stereocenters. The van der Waals surface area contributed by atoms with E-state index in [0.717, 1.165) is 101 Å². The lowest BCUT2D eigenvalue weighted by atomic mass is 9.82. The summed E-state index contributed by atoms with van der Waals surface area (Å²) < 4.78 is 0. The fourth-order valence-corrected chi connectivity index (χ4v) is 8.72. The molecule has 4 heteroatoms. The molecule has 0 saturated heterocycles. The monoisotopic (exact) mass is 842 g/mol. The number of benzene rings is 9. The van der Waals surface area contributed by atoms with E-state index in [4.69, 9.17) is 19.9 Å². The Morgan fingerprint density at radius 1 is 0.182 bits per heavy atom. The van der Waals surface area contributed by atoms with Crippen molar-refractivity contribution in [3.8, 4) is 112 Å². The van der Waals surface area contributed by atoms with E-state index in [1.807, 2.05) is 48.5 Å². The Morgan fingerprint density at radius 2 is 0.439 bits per heavy atom. The molecule has 2 aromatic heterocycles. The summed E-state index contributed by atoms with van der Waals surface area (Å²) in [6.45, 7) is 0. The molecule has 66 heavy (non-hydrogen) atoms. The lowest BCUT2D eigenvalue weighted by Gasteiger charge is -2.22. The normalized spacial score (nSPS) is 11.0. The van der Waals surface area contributed by atoms with Crippen molar-refractivity contribution in [3.63, 3.8) is 0 Å². The van der Waals surface area contributed by atoms with Crippen LogP contribution in [0.1, 0.15) is 0 Å². The van der Waals surface area contributed by atoms with Crippen LogP contribution in [0, 0.1) is 0 Å². The number of rotatable bonds is 10. The molecule has 0 aliphatic rings. The van der Waals surface area contributed by atoms with Gasteiger partial charge in [0, 0.05) is 33.4 Å². The van der Waals surface area contributed by atoms with Gasteiger partial charge < -0.3 is 0 Å². The van der Waals surface area contributed by atoms with Crippen molar-refractivity contribution >= 4 is 0 Å². The Hall–Kier alpha value is -8.86. The largest absolute Gasteiger partial charge is 0.228 e. The summed E-state index contributed by atoms with van der Waals surface area (Å²) in [5, 5.41) is 0. The van der Waals surface area contributed by atoms with Crippen LogP contribution < -0.4 is 0 Å². The molecule has 0 atom stereocenters. The van der Waals surface area contributed by atoms with Gasteiger partial charge in [-0.05, 0) is 68.8 Å². The topological polar surface area (TPSA) is 51.6 Å². The smallest absolute Gasteiger partial charge is 0.160 e. The van der Waals surface area contributed by atoms with E-state index in [1.165, 1.54) is 0 Å². The first-order valence-electron chi connectivity index (χ1n) is 22.2. The summed E-state index contributed by atoms with van der Waals surface area (Å²) in [4.78, 5) is 20.7. The van der Waals surface area contributed by atoms with E-state index in [2.05, 4.69) is 206 Å². The average Bonchev–Trinajstić information content (AvgIpc) is 3.41. The molecule has 0 spiro atoms. The van der Waals surface area contributed by atoms with E-state index in [9.17, 15) is 0 Å². The van der Waals surface area contributed by atoms with Crippen LogP contribution >= 0.6 is 0 Å². The predicted molar refractivity (Wildman–Crippen MR) is 272 cm³/mol. The summed E-state index contributed by atoms with van der Waals surface area (Å²) in [7, 11) is 0. The van der Waals surface area contributed by atoms with Gasteiger partial charge in [-0.1, -0.05) is 231 Å². The molecular weight excluding hydrogens is 801 g/mol. The molecule has 0 aliphatic carbocycles. The SMILES string of the molecule is c1ccc(-c2cc(-c3cccc(-c4c(-c5ccccc5)ccc(-c5ccccc5)c4-c4cccc(-c5cc(-c6ccccc6)nc(-c6ccccc6)n5)c4)c3)nc(-c3ccccc3)n2)cc1. The molecule has 0 fully saturated rings. The van der Waals surface area contributed by atoms with Crippen molar-refractivity contribution < 1.29 is 0 Å². The first-order valence-corrected chi connectivity index (χ1v) is 22.2. The molecule has 9 aromatic carbocycles. The van der Waals surface area contributed by atoms with E-state index >= 15 is 0 Å². The second-order valence-corrected chi connectivity index (χ2v) is 16.2. The Bertz CT molecular complexity index is 3080. The van der Waals surface area contributed by atoms with Gasteiger partial charge in [0.15, 0.2) is 11.6 Å². The molecule has 11 aromatic rings. The number of nitrogens with zero attached hydrogens (tertiary/aromatic N) is 4. The molecule has 0 amide bonds. The van der Waals surface area contributed by atoms with Crippen molar-refractivity contribution in [2.45, 2.75) is 0 Å². The maximum atomic E-state index is 5.24. The van der Waals surface area contributed by atoms with Crippen molar-refractivity contribution in [2.75, 3.05) is 0 Å². The summed E-state index contributed by atoms with van der Waals surface area (Å²) in [5.74, 6) is 1.36. The molecule has 2 heterocycles. The fraction of sp³-hybridized carbons (Fsp3) is 0. The molecule has 4 nitrogen and oxygen atoms in total. The molecule has 310 valence electrons. The van der Waals surface area contributed by atoms with Crippen LogP contribution in [-0.2, 0) is 0 Å². The van der Waals surface area contributed by atoms with Crippen LogP contribution in [0.4, 0.5) is 0 Å². The lowest BCUT2D eigenvalue weighted by Crippen LogP contribution is -1.98. The second kappa shape index (κ2) is 18.1. The van der Waals surface area contributed by atoms with Crippen molar-refractivity contribution in [3.05, 3.63) is 255 Å². The zero-order valence-electron chi connectivity index (χ0n) is 36.0. The van der Waals surface area contributed by atoms with Crippen LogP contribution in [0.15, 0.2) is 255 Å². The quantitative estimate of drug-likeness (QED) is 0.138. The number of aromatic nitrogens is 4. The zero-order valence-corrected chi connectivity index (χ0v) is 36.0. The molecule has 0 N–H and O–H groups in total. The molecule has 11 rings (SSSR count). The van der Waals surface area contributed by atoms with Crippen LogP contribution in [-0.4, -0.2) is 19.9 Å². The summed E-state index contributed by atoms with van der Waals surface area (Å²) >= 11 is 0. The highest BCUT2D eigenvalue weighted by molar-refractivity contribution is 6.02. The van der Waals surface area contributed by atoms with Gasteiger partial charge in [-0.2, -0.15) is 0 Å². The predicted octanol–water partition coefficient (Wildman–Crippen LogP) is 15.9. The van der Waals surface area contributed by atoms with Gasteiger partial charge >= 0.3 is 0 Å². The van der Waals surface area contributed by atoms with E-state index in [0.29, 0.717) is 11.6 Å². The molecule has 0 aliphatic heterocycles. The van der Waals surface area contributed by atoms with Gasteiger partial charge in [0.1, 0.15) is 0 Å². The standard InChI is InChI=1S/C62H42N4/c1-7-21-43(22-8-1)53-37-38-54(44-23-9-2-10-24-44)60(52-36-20-34-50(40-52)58-42-56(46-27-13-4-14-28-46)64-62(66-58)48-31-17-6-18-32-48)59(53)51-35-19-33-49(39-51)57-41-55(45-25-11-3-12-26-45)63-61(65-57)47-29-15-5-16-30-47/h1-42H. The maximum Gasteiger partial charge on any atom is 0.160 e. The third kappa shape index (κ3) is 8.23. The van der Waals surface area contributed by atoms with Gasteiger partial charge in [0.2, 0.25) is 0 Å². The number of hydrogen-bond donors (Lipinski definition) is 0. The highest BCUT2D eigenvalue weighted by Crippen LogP contribution is 2.47. The zero-order chi connectivity index (χ0) is 44.1. The molecular formula is C62H42N4. The van der Waals surface area contributed by atoms with Crippen LogP contribution in [0.2, 0.25) is 0 Å². The van der Waals surface area contributed by atoms with Gasteiger partial charge in [-0.25, -0.2) is 19.9 Å². The van der Waals surface area contributed by atoms with Gasteiger partial charge in [-0.15, -0.1) is 0 Å². The minimum absolute atomic E-state index is 0.682.